The van der Waals surface area contributed by atoms with Crippen LogP contribution in [0.4, 0.5) is 0 Å². The van der Waals surface area contributed by atoms with Gasteiger partial charge >= 0.3 is 5.69 Å². The first-order chi connectivity index (χ1) is 4.20. The van der Waals surface area contributed by atoms with Crippen molar-refractivity contribution in [2.24, 2.45) is 0 Å². The van der Waals surface area contributed by atoms with Gasteiger partial charge in [0.1, 0.15) is 0 Å². The average molecular weight is 130 g/mol. The number of aromatic amines is 2. The normalized spacial score (nSPS) is 9.44. The molecule has 4 heteroatoms. The summed E-state index contributed by atoms with van der Waals surface area (Å²) in [4.78, 5) is 25.3. The van der Waals surface area contributed by atoms with Crippen LogP contribution in [-0.4, -0.2) is 9.97 Å². The van der Waals surface area contributed by atoms with Crippen molar-refractivity contribution in [1.82, 2.24) is 9.97 Å². The highest BCUT2D eigenvalue weighted by Gasteiger charge is 1.88. The summed E-state index contributed by atoms with van der Waals surface area (Å²) in [5.74, 6) is 0. The molecule has 0 fully saturated rings. The van der Waals surface area contributed by atoms with E-state index in [0.29, 0.717) is 5.56 Å². The van der Waals surface area contributed by atoms with E-state index in [2.05, 4.69) is 9.97 Å². The standard InChI is InChI=1S/C5H6N2O2/c1-3-2-6-5(9)7-4(3)8/h2H,1H3,(H2,6,7,8,9)/i4+1,5+1,6+1,7+1. The van der Waals surface area contributed by atoms with Gasteiger partial charge in [0.05, 0.1) is 0 Å². The van der Waals surface area contributed by atoms with Gasteiger partial charge in [-0.3, -0.25) is 9.78 Å². The molecule has 0 aliphatic heterocycles. The van der Waals surface area contributed by atoms with Crippen LogP contribution in [-0.2, 0) is 0 Å². The van der Waals surface area contributed by atoms with Crippen molar-refractivity contribution in [1.29, 1.82) is 0 Å². The number of aryl methyl sites for hydroxylation is 1. The molecule has 0 saturated carbocycles. The Labute approximate surface area is 50.6 Å². The summed E-state index contributed by atoms with van der Waals surface area (Å²) < 4.78 is 0. The minimum absolute atomic E-state index is 0.334. The molecule has 0 unspecified atom stereocenters. The quantitative estimate of drug-likeness (QED) is 0.491. The zero-order chi connectivity index (χ0) is 6.85. The second-order valence-corrected chi connectivity index (χ2v) is 1.75. The Kier molecular flexibility index (Phi) is 1.22. The van der Waals surface area contributed by atoms with Crippen molar-refractivity contribution in [3.8, 4) is 0 Å². The van der Waals surface area contributed by atoms with Gasteiger partial charge in [0.15, 0.2) is 0 Å². The van der Waals surface area contributed by atoms with Gasteiger partial charge in [0, 0.05) is 11.8 Å². The van der Waals surface area contributed by atoms with E-state index in [1.807, 2.05) is 0 Å². The van der Waals surface area contributed by atoms with Gasteiger partial charge in [-0.15, -0.1) is 0 Å². The molecule has 0 bridgehead atoms. The Hall–Kier alpha value is -1.32. The van der Waals surface area contributed by atoms with Crippen molar-refractivity contribution in [3.63, 3.8) is 0 Å². The lowest BCUT2D eigenvalue weighted by molar-refractivity contribution is 1.01. The maximum Gasteiger partial charge on any atom is 0.325 e. The SMILES string of the molecule is Cc1c[15nH][13c](=O)[15nH][13c]1=O. The molecule has 0 saturated heterocycles. The Morgan fingerprint density at radius 3 is 2.56 bits per heavy atom. The summed E-state index contributed by atoms with van der Waals surface area (Å²) in [6, 6.07) is 0. The van der Waals surface area contributed by atoms with Crippen LogP contribution in [0.25, 0.3) is 0 Å². The van der Waals surface area contributed by atoms with Gasteiger partial charge in [-0.1, -0.05) is 0 Å². The maximum absolute atomic E-state index is 10.6. The van der Waals surface area contributed by atoms with Crippen LogP contribution in [0.3, 0.4) is 0 Å². The van der Waals surface area contributed by atoms with Gasteiger partial charge < -0.3 is 4.98 Å². The summed E-state index contributed by atoms with van der Waals surface area (Å²) in [5.41, 5.74) is -0.293. The van der Waals surface area contributed by atoms with Gasteiger partial charge in [-0.2, -0.15) is 0 Å². The van der Waals surface area contributed by atoms with E-state index in [0.717, 1.165) is 0 Å². The molecule has 0 amide bonds. The molecular formula is C5H6N2O2. The van der Waals surface area contributed by atoms with E-state index in [1.165, 1.54) is 6.20 Å². The first-order valence-electron chi connectivity index (χ1n) is 2.49. The third-order valence-electron chi connectivity index (χ3n) is 1.00. The largest absolute Gasteiger partial charge is 0.325 e. The number of rotatable bonds is 0. The van der Waals surface area contributed by atoms with Crippen LogP contribution < -0.4 is 11.2 Å². The summed E-state index contributed by atoms with van der Waals surface area (Å²) in [6.07, 6.45) is 1.38. The molecule has 0 aromatic carbocycles. The van der Waals surface area contributed by atoms with Gasteiger partial charge in [0.25, 0.3) is 5.56 Å². The minimum atomic E-state index is -0.467. The molecule has 0 aliphatic carbocycles. The molecule has 4 nitrogen and oxygen atoms in total. The van der Waals surface area contributed by atoms with Crippen LogP contribution in [0, 0.1) is 6.92 Å². The summed E-state index contributed by atoms with van der Waals surface area (Å²) in [6.45, 7) is 1.62. The Bertz CT molecular complexity index is 309. The molecule has 1 aromatic heterocycles. The van der Waals surface area contributed by atoms with E-state index in [1.54, 1.807) is 6.92 Å². The molecule has 1 heterocycles. The van der Waals surface area contributed by atoms with Crippen LogP contribution in [0.2, 0.25) is 0 Å². The third kappa shape index (κ3) is 1.07. The third-order valence-corrected chi connectivity index (χ3v) is 1.00. The second-order valence-electron chi connectivity index (χ2n) is 1.75. The molecular weight excluding hydrogens is 124 g/mol. The highest BCUT2D eigenvalue weighted by molar-refractivity contribution is 4.98. The molecule has 2 N–H and O–H groups in total. The minimum Gasteiger partial charge on any atom is -0.314 e. The zero-order valence-corrected chi connectivity index (χ0v) is 4.89. The summed E-state index contributed by atoms with van der Waals surface area (Å²) >= 11 is 0. The van der Waals surface area contributed by atoms with E-state index in [4.69, 9.17) is 0 Å². The lowest BCUT2D eigenvalue weighted by Crippen LogP contribution is -2.22. The molecule has 0 atom stereocenters. The Balaban J connectivity index is 3.52. The van der Waals surface area contributed by atoms with Crippen molar-refractivity contribution < 1.29 is 0 Å². The van der Waals surface area contributed by atoms with Crippen molar-refractivity contribution in [2.45, 2.75) is 6.92 Å². The van der Waals surface area contributed by atoms with Crippen LogP contribution in [0.5, 0.6) is 0 Å². The molecule has 0 radical (unpaired) electrons. The lowest BCUT2D eigenvalue weighted by Gasteiger charge is -1.84. The maximum atomic E-state index is 10.6. The summed E-state index contributed by atoms with van der Waals surface area (Å²) in [5, 5.41) is 0. The van der Waals surface area contributed by atoms with Crippen molar-refractivity contribution in [2.75, 3.05) is 0 Å². The van der Waals surface area contributed by atoms with E-state index in [9.17, 15) is 9.59 Å². The molecule has 0 aliphatic rings. The predicted molar refractivity (Wildman–Crippen MR) is 32.4 cm³/mol. The van der Waals surface area contributed by atoms with Crippen LogP contribution in [0.15, 0.2) is 15.8 Å². The molecule has 48 valence electrons. The van der Waals surface area contributed by atoms with Crippen molar-refractivity contribution in [3.05, 3.63) is 32.6 Å². The predicted octanol–water partition coefficient (Wildman–Crippen LogP) is -0.628. The van der Waals surface area contributed by atoms with Gasteiger partial charge in [0.2, 0.25) is 0 Å². The lowest BCUT2D eigenvalue weighted by atomic mass is 10.5. The zero-order valence-electron chi connectivity index (χ0n) is 4.89. The molecule has 1 aromatic rings. The summed E-state index contributed by atoms with van der Waals surface area (Å²) in [7, 11) is 0. The second kappa shape index (κ2) is 1.89. The van der Waals surface area contributed by atoms with Crippen LogP contribution >= 0.6 is 0 Å². The Morgan fingerprint density at radius 1 is 1.44 bits per heavy atom. The van der Waals surface area contributed by atoms with Gasteiger partial charge in [-0.25, -0.2) is 4.79 Å². The van der Waals surface area contributed by atoms with Crippen LogP contribution in [0.1, 0.15) is 5.56 Å². The molecule has 1 rings (SSSR count). The van der Waals surface area contributed by atoms with E-state index < -0.39 is 5.69 Å². The first kappa shape index (κ1) is 5.81. The number of aromatic nitrogens is 2. The molecule has 0 spiro atoms. The smallest absolute Gasteiger partial charge is 0.314 e. The highest BCUT2D eigenvalue weighted by Crippen LogP contribution is 1.73. The fourth-order valence-corrected chi connectivity index (χ4v) is 0.477. The number of nitrogens with one attached hydrogen (secondary N) is 2. The molecule has 9 heavy (non-hydrogen) atoms. The monoisotopic (exact) mass is 130 g/mol. The number of hydrogen-bond donors (Lipinski definition) is 2. The fraction of sp³-hybridized carbons (Fsp3) is 0.200. The first-order valence-corrected chi connectivity index (χ1v) is 2.49. The highest BCUT2D eigenvalue weighted by atomic mass is 16.3. The Morgan fingerprint density at radius 2 is 2.11 bits per heavy atom. The topological polar surface area (TPSA) is 65.7 Å². The van der Waals surface area contributed by atoms with Gasteiger partial charge in [-0.05, 0) is 6.92 Å². The van der Waals surface area contributed by atoms with Crippen molar-refractivity contribution >= 4 is 0 Å². The average Bonchev–Trinajstić information content (AvgIpc) is 1.80. The van der Waals surface area contributed by atoms with E-state index >= 15 is 0 Å². The number of H-pyrrole nitrogens is 2. The van der Waals surface area contributed by atoms with E-state index in [-0.39, 0.29) is 5.56 Å². The number of hydrogen-bond acceptors (Lipinski definition) is 2. The fourth-order valence-electron chi connectivity index (χ4n) is 0.477.